The third-order valence-corrected chi connectivity index (χ3v) is 4.06. The fraction of sp³-hybridized carbons (Fsp3) is 0.333. The van der Waals surface area contributed by atoms with Gasteiger partial charge < -0.3 is 9.84 Å². The van der Waals surface area contributed by atoms with Gasteiger partial charge in [0.15, 0.2) is 0 Å². The standard InChI is InChI=1S/C12H14N2O5S/c1-8(12(16)19-7-6-15)13-11-9-4-2-3-5-10(9)20(17,18)14-11/h2-5,8,15H,6-7H2,1H3,(H,13,14)/t8-/m0/s1. The number of rotatable bonds is 4. The lowest BCUT2D eigenvalue weighted by Crippen LogP contribution is -2.27. The third kappa shape index (κ3) is 2.81. The Morgan fingerprint density at radius 2 is 2.15 bits per heavy atom. The van der Waals surface area contributed by atoms with Gasteiger partial charge in [-0.2, -0.15) is 0 Å². The predicted octanol–water partition coefficient (Wildman–Crippen LogP) is -0.351. The van der Waals surface area contributed by atoms with Crippen LogP contribution in [0, 0.1) is 0 Å². The van der Waals surface area contributed by atoms with Crippen LogP contribution in [0.2, 0.25) is 0 Å². The number of nitrogens with one attached hydrogen (secondary N) is 1. The highest BCUT2D eigenvalue weighted by Gasteiger charge is 2.31. The van der Waals surface area contributed by atoms with Crippen LogP contribution in [0.25, 0.3) is 0 Å². The molecular weight excluding hydrogens is 284 g/mol. The molecule has 2 N–H and O–H groups in total. The van der Waals surface area contributed by atoms with E-state index >= 15 is 0 Å². The Labute approximate surface area is 116 Å². The summed E-state index contributed by atoms with van der Waals surface area (Å²) in [6.07, 6.45) is 0. The second-order valence-electron chi connectivity index (χ2n) is 4.15. The van der Waals surface area contributed by atoms with E-state index in [2.05, 4.69) is 9.71 Å². The number of amidine groups is 1. The summed E-state index contributed by atoms with van der Waals surface area (Å²) < 4.78 is 30.7. The van der Waals surface area contributed by atoms with Crippen LogP contribution in [0.3, 0.4) is 0 Å². The number of aliphatic hydroxyl groups is 1. The zero-order chi connectivity index (χ0) is 14.8. The molecule has 0 radical (unpaired) electrons. The first-order valence-electron chi connectivity index (χ1n) is 5.93. The van der Waals surface area contributed by atoms with Crippen LogP contribution in [-0.4, -0.2) is 44.6 Å². The Kier molecular flexibility index (Phi) is 4.05. The number of hydrogen-bond donors (Lipinski definition) is 2. The molecule has 1 atom stereocenters. The topological polar surface area (TPSA) is 105 Å². The van der Waals surface area contributed by atoms with Crippen LogP contribution < -0.4 is 4.72 Å². The molecule has 1 aliphatic heterocycles. The highest BCUT2D eigenvalue weighted by atomic mass is 32.2. The monoisotopic (exact) mass is 298 g/mol. The number of benzene rings is 1. The van der Waals surface area contributed by atoms with Gasteiger partial charge in [0.05, 0.1) is 11.5 Å². The summed E-state index contributed by atoms with van der Waals surface area (Å²) in [7, 11) is -3.62. The molecule has 1 aliphatic rings. The molecule has 2 rings (SSSR count). The minimum atomic E-state index is -3.62. The largest absolute Gasteiger partial charge is 0.462 e. The summed E-state index contributed by atoms with van der Waals surface area (Å²) in [5.74, 6) is -0.510. The zero-order valence-electron chi connectivity index (χ0n) is 10.7. The van der Waals surface area contributed by atoms with Crippen molar-refractivity contribution in [2.24, 2.45) is 4.99 Å². The summed E-state index contributed by atoms with van der Waals surface area (Å²) in [6.45, 7) is 1.10. The number of ether oxygens (including phenoxy) is 1. The average Bonchev–Trinajstić information content (AvgIpc) is 2.68. The predicted molar refractivity (Wildman–Crippen MR) is 70.8 cm³/mol. The van der Waals surface area contributed by atoms with Gasteiger partial charge in [-0.1, -0.05) is 12.1 Å². The van der Waals surface area contributed by atoms with E-state index in [1.54, 1.807) is 18.2 Å². The lowest BCUT2D eigenvalue weighted by Gasteiger charge is -2.07. The molecule has 1 aromatic rings. The van der Waals surface area contributed by atoms with Crippen molar-refractivity contribution < 1.29 is 23.1 Å². The number of aliphatic hydroxyl groups excluding tert-OH is 1. The Morgan fingerprint density at radius 3 is 2.85 bits per heavy atom. The Balaban J connectivity index is 2.27. The number of hydrogen-bond acceptors (Lipinski definition) is 6. The molecular formula is C12H14N2O5S. The molecule has 0 bridgehead atoms. The highest BCUT2D eigenvalue weighted by Crippen LogP contribution is 2.22. The summed E-state index contributed by atoms with van der Waals surface area (Å²) in [4.78, 5) is 15.7. The molecule has 0 aromatic heterocycles. The van der Waals surface area contributed by atoms with E-state index in [1.165, 1.54) is 13.0 Å². The molecule has 0 fully saturated rings. The van der Waals surface area contributed by atoms with E-state index in [9.17, 15) is 13.2 Å². The average molecular weight is 298 g/mol. The molecule has 0 amide bonds. The van der Waals surface area contributed by atoms with Gasteiger partial charge in [-0.3, -0.25) is 9.71 Å². The molecule has 20 heavy (non-hydrogen) atoms. The summed E-state index contributed by atoms with van der Waals surface area (Å²) >= 11 is 0. The quantitative estimate of drug-likeness (QED) is 0.739. The first kappa shape index (κ1) is 14.5. The first-order valence-corrected chi connectivity index (χ1v) is 7.41. The van der Waals surface area contributed by atoms with Crippen molar-refractivity contribution in [3.8, 4) is 0 Å². The lowest BCUT2D eigenvalue weighted by molar-refractivity contribution is -0.145. The van der Waals surface area contributed by atoms with Gasteiger partial charge in [0.2, 0.25) is 0 Å². The van der Waals surface area contributed by atoms with Gasteiger partial charge in [0.1, 0.15) is 18.5 Å². The normalized spacial score (nSPS) is 19.2. The van der Waals surface area contributed by atoms with E-state index in [0.717, 1.165) is 0 Å². The minimum Gasteiger partial charge on any atom is -0.462 e. The molecule has 7 nitrogen and oxygen atoms in total. The first-order chi connectivity index (χ1) is 9.45. The van der Waals surface area contributed by atoms with E-state index < -0.39 is 22.0 Å². The van der Waals surface area contributed by atoms with Crippen molar-refractivity contribution in [2.45, 2.75) is 17.9 Å². The molecule has 0 saturated carbocycles. The van der Waals surface area contributed by atoms with Gasteiger partial charge in [0.25, 0.3) is 10.0 Å². The van der Waals surface area contributed by atoms with Crippen molar-refractivity contribution in [2.75, 3.05) is 13.2 Å². The molecule has 0 saturated heterocycles. The number of carbonyl (C=O) groups excluding carboxylic acids is 1. The van der Waals surface area contributed by atoms with Crippen LogP contribution >= 0.6 is 0 Å². The smallest absolute Gasteiger partial charge is 0.330 e. The van der Waals surface area contributed by atoms with Crippen molar-refractivity contribution in [3.05, 3.63) is 29.8 Å². The number of fused-ring (bicyclic) bond motifs is 1. The summed E-state index contributed by atoms with van der Waals surface area (Å²) in [5, 5.41) is 8.58. The molecule has 8 heteroatoms. The molecule has 108 valence electrons. The molecule has 1 aromatic carbocycles. The fourth-order valence-corrected chi connectivity index (χ4v) is 2.98. The third-order valence-electron chi connectivity index (χ3n) is 2.66. The number of nitrogens with zero attached hydrogens (tertiary/aromatic N) is 1. The Bertz CT molecular complexity index is 654. The van der Waals surface area contributed by atoms with Gasteiger partial charge in [0, 0.05) is 5.56 Å². The van der Waals surface area contributed by atoms with Crippen LogP contribution in [-0.2, 0) is 19.6 Å². The van der Waals surface area contributed by atoms with Crippen LogP contribution in [0.15, 0.2) is 34.2 Å². The second-order valence-corrected chi connectivity index (χ2v) is 5.80. The van der Waals surface area contributed by atoms with Crippen molar-refractivity contribution in [1.29, 1.82) is 0 Å². The second kappa shape index (κ2) is 5.59. The Hall–Kier alpha value is -1.93. The van der Waals surface area contributed by atoms with Crippen LogP contribution in [0.1, 0.15) is 12.5 Å². The fourth-order valence-electron chi connectivity index (χ4n) is 1.74. The zero-order valence-corrected chi connectivity index (χ0v) is 11.6. The van der Waals surface area contributed by atoms with Gasteiger partial charge in [-0.15, -0.1) is 0 Å². The van der Waals surface area contributed by atoms with E-state index in [-0.39, 0.29) is 23.9 Å². The maximum absolute atomic E-state index is 11.8. The van der Waals surface area contributed by atoms with E-state index in [0.29, 0.717) is 5.56 Å². The molecule has 0 aliphatic carbocycles. The minimum absolute atomic E-state index is 0.115. The van der Waals surface area contributed by atoms with Crippen molar-refractivity contribution >= 4 is 21.8 Å². The van der Waals surface area contributed by atoms with Gasteiger partial charge in [-0.05, 0) is 19.1 Å². The maximum Gasteiger partial charge on any atom is 0.330 e. The van der Waals surface area contributed by atoms with E-state index in [1.807, 2.05) is 0 Å². The van der Waals surface area contributed by atoms with Crippen molar-refractivity contribution in [3.63, 3.8) is 0 Å². The van der Waals surface area contributed by atoms with Gasteiger partial charge in [-0.25, -0.2) is 13.2 Å². The molecule has 0 spiro atoms. The maximum atomic E-state index is 11.8. The SMILES string of the molecule is C[C@H](N=C1NS(=O)(=O)c2ccccc21)C(=O)OCCO. The van der Waals surface area contributed by atoms with Crippen LogP contribution in [0.5, 0.6) is 0 Å². The summed E-state index contributed by atoms with van der Waals surface area (Å²) in [6, 6.07) is 5.50. The number of esters is 1. The highest BCUT2D eigenvalue weighted by molar-refractivity contribution is 7.90. The van der Waals surface area contributed by atoms with Gasteiger partial charge >= 0.3 is 5.97 Å². The number of carbonyl (C=O) groups is 1. The van der Waals surface area contributed by atoms with Crippen molar-refractivity contribution in [1.82, 2.24) is 4.72 Å². The molecule has 1 heterocycles. The number of sulfonamides is 1. The summed E-state index contributed by atoms with van der Waals surface area (Å²) in [5.41, 5.74) is 0.425. The lowest BCUT2D eigenvalue weighted by atomic mass is 10.2. The van der Waals surface area contributed by atoms with E-state index in [4.69, 9.17) is 9.84 Å². The van der Waals surface area contributed by atoms with Crippen LogP contribution in [0.4, 0.5) is 0 Å². The molecule has 0 unspecified atom stereocenters. The Morgan fingerprint density at radius 1 is 1.45 bits per heavy atom. The number of aliphatic imine (C=N–C) groups is 1.